The van der Waals surface area contributed by atoms with E-state index in [9.17, 15) is 19.7 Å². The number of ether oxygens (including phenoxy) is 1. The predicted molar refractivity (Wildman–Crippen MR) is 130 cm³/mol. The van der Waals surface area contributed by atoms with Crippen LogP contribution in [0.2, 0.25) is 0 Å². The molecule has 1 aromatic heterocycles. The molecule has 3 aromatic rings. The van der Waals surface area contributed by atoms with E-state index in [0.717, 1.165) is 16.7 Å². The van der Waals surface area contributed by atoms with Crippen molar-refractivity contribution < 1.29 is 19.2 Å². The van der Waals surface area contributed by atoms with Crippen LogP contribution >= 0.6 is 0 Å². The summed E-state index contributed by atoms with van der Waals surface area (Å²) >= 11 is 0. The van der Waals surface area contributed by atoms with E-state index in [-0.39, 0.29) is 17.7 Å². The van der Waals surface area contributed by atoms with E-state index in [2.05, 4.69) is 0 Å². The smallest absolute Gasteiger partial charge is 0.409 e. The number of non-ortho nitro benzene ring substituents is 1. The fourth-order valence-corrected chi connectivity index (χ4v) is 3.96. The van der Waals surface area contributed by atoms with Gasteiger partial charge in [0.2, 0.25) is 0 Å². The van der Waals surface area contributed by atoms with Gasteiger partial charge in [-0.3, -0.25) is 14.9 Å². The lowest BCUT2D eigenvalue weighted by atomic mass is 10.0. The van der Waals surface area contributed by atoms with E-state index in [1.165, 1.54) is 16.8 Å². The maximum Gasteiger partial charge on any atom is 0.409 e. The summed E-state index contributed by atoms with van der Waals surface area (Å²) in [6.07, 6.45) is -0.382. The molecule has 2 heterocycles. The average Bonchev–Trinajstić information content (AvgIpc) is 3.31. The number of nitro groups is 1. The second-order valence-electron chi connectivity index (χ2n) is 8.38. The van der Waals surface area contributed by atoms with Crippen molar-refractivity contribution in [3.05, 3.63) is 75.5 Å². The Balaban J connectivity index is 1.67. The molecule has 10 heteroatoms. The molecule has 0 bridgehead atoms. The molecule has 4 rings (SSSR count). The Bertz CT molecular complexity index is 1260. The molecule has 1 aliphatic heterocycles. The largest absolute Gasteiger partial charge is 0.450 e. The third-order valence-electron chi connectivity index (χ3n) is 6.13. The standard InChI is InChI=1S/C25H27N5O5/c1-4-35-25(32)28-13-11-27(12-14-28)24(31)23-16-22(19-6-5-17(2)18(3)15-19)26-29(23)20-7-9-21(10-8-20)30(33)34/h5-10,15-16H,4,11-14H2,1-3H3. The maximum atomic E-state index is 13.6. The molecular formula is C25H27N5O5. The molecule has 2 aromatic carbocycles. The molecular weight excluding hydrogens is 450 g/mol. The van der Waals surface area contributed by atoms with E-state index >= 15 is 0 Å². The molecule has 10 nitrogen and oxygen atoms in total. The van der Waals surface area contributed by atoms with Gasteiger partial charge in [-0.2, -0.15) is 5.10 Å². The fourth-order valence-electron chi connectivity index (χ4n) is 3.96. The van der Waals surface area contributed by atoms with Crippen molar-refractivity contribution in [1.82, 2.24) is 19.6 Å². The molecule has 1 fully saturated rings. The van der Waals surface area contributed by atoms with Crippen LogP contribution in [0.3, 0.4) is 0 Å². The number of benzene rings is 2. The average molecular weight is 478 g/mol. The van der Waals surface area contributed by atoms with Crippen molar-refractivity contribution in [3.63, 3.8) is 0 Å². The van der Waals surface area contributed by atoms with E-state index in [4.69, 9.17) is 9.84 Å². The minimum Gasteiger partial charge on any atom is -0.450 e. The van der Waals surface area contributed by atoms with Gasteiger partial charge in [-0.15, -0.1) is 0 Å². The van der Waals surface area contributed by atoms with Gasteiger partial charge in [-0.1, -0.05) is 12.1 Å². The number of carbonyl (C=O) groups is 2. The normalized spacial score (nSPS) is 13.6. The number of nitrogens with zero attached hydrogens (tertiary/aromatic N) is 5. The fraction of sp³-hybridized carbons (Fsp3) is 0.320. The summed E-state index contributed by atoms with van der Waals surface area (Å²) in [6.45, 7) is 7.57. The number of hydrogen-bond donors (Lipinski definition) is 0. The molecule has 0 aliphatic carbocycles. The quantitative estimate of drug-likeness (QED) is 0.406. The van der Waals surface area contributed by atoms with E-state index < -0.39 is 4.92 Å². The van der Waals surface area contributed by atoms with Crippen molar-refractivity contribution in [3.8, 4) is 16.9 Å². The highest BCUT2D eigenvalue weighted by Gasteiger charge is 2.28. The topological polar surface area (TPSA) is 111 Å². The van der Waals surface area contributed by atoms with E-state index in [0.29, 0.717) is 49.9 Å². The first kappa shape index (κ1) is 23.9. The van der Waals surface area contributed by atoms with Gasteiger partial charge in [0, 0.05) is 43.9 Å². The molecule has 1 aliphatic rings. The Morgan fingerprint density at radius 1 is 0.971 bits per heavy atom. The summed E-state index contributed by atoms with van der Waals surface area (Å²) in [5, 5.41) is 15.8. The number of nitro benzene ring substituents is 1. The van der Waals surface area contributed by atoms with Crippen molar-refractivity contribution in [1.29, 1.82) is 0 Å². The highest BCUT2D eigenvalue weighted by Crippen LogP contribution is 2.26. The van der Waals surface area contributed by atoms with Crippen LogP contribution in [0.15, 0.2) is 48.5 Å². The summed E-state index contributed by atoms with van der Waals surface area (Å²) in [7, 11) is 0. The molecule has 1 saturated heterocycles. The van der Waals surface area contributed by atoms with Crippen LogP contribution < -0.4 is 0 Å². The molecule has 0 unspecified atom stereocenters. The van der Waals surface area contributed by atoms with Crippen LogP contribution in [0.1, 0.15) is 28.5 Å². The molecule has 35 heavy (non-hydrogen) atoms. The van der Waals surface area contributed by atoms with Crippen molar-refractivity contribution in [2.45, 2.75) is 20.8 Å². The van der Waals surface area contributed by atoms with Crippen molar-refractivity contribution in [2.75, 3.05) is 32.8 Å². The van der Waals surface area contributed by atoms with Gasteiger partial charge in [0.15, 0.2) is 0 Å². The number of aryl methyl sites for hydroxylation is 2. The molecule has 0 spiro atoms. The lowest BCUT2D eigenvalue weighted by Crippen LogP contribution is -2.51. The number of aromatic nitrogens is 2. The second kappa shape index (κ2) is 9.96. The van der Waals surface area contributed by atoms with Crippen LogP contribution in [0.5, 0.6) is 0 Å². The SMILES string of the molecule is CCOC(=O)N1CCN(C(=O)c2cc(-c3ccc(C)c(C)c3)nn2-c2ccc([N+](=O)[O-])cc2)CC1. The molecule has 182 valence electrons. The van der Waals surface area contributed by atoms with Crippen LogP contribution in [-0.4, -0.2) is 69.3 Å². The lowest BCUT2D eigenvalue weighted by Gasteiger charge is -2.34. The molecule has 2 amide bonds. The summed E-state index contributed by atoms with van der Waals surface area (Å²) in [5.41, 5.74) is 4.60. The van der Waals surface area contributed by atoms with Crippen LogP contribution in [0, 0.1) is 24.0 Å². The highest BCUT2D eigenvalue weighted by atomic mass is 16.6. The third-order valence-corrected chi connectivity index (χ3v) is 6.13. The van der Waals surface area contributed by atoms with Gasteiger partial charge < -0.3 is 14.5 Å². The minimum atomic E-state index is -0.470. The van der Waals surface area contributed by atoms with Crippen LogP contribution in [-0.2, 0) is 4.74 Å². The van der Waals surface area contributed by atoms with Gasteiger partial charge >= 0.3 is 6.09 Å². The third kappa shape index (κ3) is 5.01. The van der Waals surface area contributed by atoms with Gasteiger partial charge in [0.25, 0.3) is 11.6 Å². The van der Waals surface area contributed by atoms with Crippen LogP contribution in [0.25, 0.3) is 16.9 Å². The number of hydrogen-bond acceptors (Lipinski definition) is 6. The van der Waals surface area contributed by atoms with E-state index in [1.807, 2.05) is 32.0 Å². The lowest BCUT2D eigenvalue weighted by molar-refractivity contribution is -0.384. The molecule has 0 atom stereocenters. The number of carbonyl (C=O) groups excluding carboxylic acids is 2. The van der Waals surface area contributed by atoms with Gasteiger partial charge in [0.1, 0.15) is 5.69 Å². The number of rotatable bonds is 5. The minimum absolute atomic E-state index is 0.0433. The van der Waals surface area contributed by atoms with Crippen molar-refractivity contribution in [2.24, 2.45) is 0 Å². The zero-order valence-corrected chi connectivity index (χ0v) is 19.9. The maximum absolute atomic E-state index is 13.6. The summed E-state index contributed by atoms with van der Waals surface area (Å²) in [5.74, 6) is -0.227. The van der Waals surface area contributed by atoms with Gasteiger partial charge in [-0.25, -0.2) is 9.48 Å². The Hall–Kier alpha value is -4.21. The first-order chi connectivity index (χ1) is 16.8. The zero-order valence-electron chi connectivity index (χ0n) is 19.9. The zero-order chi connectivity index (χ0) is 25.1. The van der Waals surface area contributed by atoms with Crippen molar-refractivity contribution >= 4 is 17.7 Å². The Labute approximate surface area is 202 Å². The summed E-state index contributed by atoms with van der Waals surface area (Å²) < 4.78 is 6.58. The molecule has 0 N–H and O–H groups in total. The summed E-state index contributed by atoms with van der Waals surface area (Å²) in [6, 6.07) is 13.6. The molecule has 0 radical (unpaired) electrons. The first-order valence-corrected chi connectivity index (χ1v) is 11.4. The Kier molecular flexibility index (Phi) is 6.81. The second-order valence-corrected chi connectivity index (χ2v) is 8.38. The number of amides is 2. The Morgan fingerprint density at radius 2 is 1.63 bits per heavy atom. The summed E-state index contributed by atoms with van der Waals surface area (Å²) in [4.78, 5) is 39.4. The van der Waals surface area contributed by atoms with Crippen LogP contribution in [0.4, 0.5) is 10.5 Å². The van der Waals surface area contributed by atoms with Gasteiger partial charge in [0.05, 0.1) is 22.9 Å². The van der Waals surface area contributed by atoms with E-state index in [1.54, 1.807) is 34.9 Å². The highest BCUT2D eigenvalue weighted by molar-refractivity contribution is 5.94. The van der Waals surface area contributed by atoms with Gasteiger partial charge in [-0.05, 0) is 56.2 Å². The monoisotopic (exact) mass is 477 g/mol. The number of piperazine rings is 1. The predicted octanol–water partition coefficient (Wildman–Crippen LogP) is 3.98. The Morgan fingerprint density at radius 3 is 2.23 bits per heavy atom. The first-order valence-electron chi connectivity index (χ1n) is 11.4. The molecule has 0 saturated carbocycles.